The van der Waals surface area contributed by atoms with Crippen LogP contribution in [0.4, 0.5) is 5.69 Å². The predicted octanol–water partition coefficient (Wildman–Crippen LogP) is 1.43. The lowest BCUT2D eigenvalue weighted by atomic mass is 9.71. The minimum absolute atomic E-state index is 0.0730. The molecule has 1 aliphatic carbocycles. The Labute approximate surface area is 151 Å². The molecule has 0 bridgehead atoms. The molecule has 1 aromatic rings. The minimum Gasteiger partial charge on any atom is -0.500 e. The zero-order chi connectivity index (χ0) is 18.6. The largest absolute Gasteiger partial charge is 0.500 e. The van der Waals surface area contributed by atoms with E-state index in [4.69, 9.17) is 18.9 Å². The summed E-state index contributed by atoms with van der Waals surface area (Å²) in [6, 6.07) is 1.91. The second-order valence-electron chi connectivity index (χ2n) is 6.59. The molecule has 0 radical (unpaired) electrons. The third kappa shape index (κ3) is 2.03. The van der Waals surface area contributed by atoms with Crippen LogP contribution in [0, 0.1) is 5.92 Å². The van der Waals surface area contributed by atoms with Gasteiger partial charge in [0.25, 0.3) is 0 Å². The lowest BCUT2D eigenvalue weighted by molar-refractivity contribution is -0.132. The predicted molar refractivity (Wildman–Crippen MR) is 92.7 cm³/mol. The van der Waals surface area contributed by atoms with Gasteiger partial charge in [-0.05, 0) is 18.1 Å². The van der Waals surface area contributed by atoms with Crippen LogP contribution in [0.1, 0.15) is 17.0 Å². The number of ketones is 1. The molecule has 3 aliphatic rings. The van der Waals surface area contributed by atoms with Gasteiger partial charge in [-0.3, -0.25) is 9.59 Å². The van der Waals surface area contributed by atoms with Gasteiger partial charge < -0.3 is 23.8 Å². The molecule has 26 heavy (non-hydrogen) atoms. The maximum atomic E-state index is 13.2. The summed E-state index contributed by atoms with van der Waals surface area (Å²) in [6.45, 7) is 0.587. The van der Waals surface area contributed by atoms with Gasteiger partial charge in [0.2, 0.25) is 5.91 Å². The zero-order valence-electron chi connectivity index (χ0n) is 15.2. The second-order valence-corrected chi connectivity index (χ2v) is 6.59. The molecule has 1 aromatic carbocycles. The van der Waals surface area contributed by atoms with Gasteiger partial charge in [0.15, 0.2) is 17.3 Å². The van der Waals surface area contributed by atoms with Crippen molar-refractivity contribution in [2.45, 2.75) is 18.4 Å². The summed E-state index contributed by atoms with van der Waals surface area (Å²) in [5, 5.41) is 0. The molecule has 7 nitrogen and oxygen atoms in total. The molecule has 3 atom stereocenters. The Morgan fingerprint density at radius 1 is 1.08 bits per heavy atom. The van der Waals surface area contributed by atoms with E-state index >= 15 is 0 Å². The van der Waals surface area contributed by atoms with Gasteiger partial charge >= 0.3 is 0 Å². The number of benzene rings is 1. The molecule has 0 saturated carbocycles. The van der Waals surface area contributed by atoms with E-state index in [1.807, 2.05) is 6.07 Å². The summed E-state index contributed by atoms with van der Waals surface area (Å²) >= 11 is 0. The Morgan fingerprint density at radius 3 is 2.46 bits per heavy atom. The number of amides is 1. The maximum absolute atomic E-state index is 13.2. The van der Waals surface area contributed by atoms with E-state index in [-0.39, 0.29) is 11.7 Å². The fraction of sp³-hybridized carbons (Fsp3) is 0.474. The van der Waals surface area contributed by atoms with Crippen LogP contribution in [0.2, 0.25) is 0 Å². The van der Waals surface area contributed by atoms with Crippen LogP contribution < -0.4 is 14.4 Å². The van der Waals surface area contributed by atoms with Gasteiger partial charge in [-0.25, -0.2) is 0 Å². The minimum atomic E-state index is -0.782. The van der Waals surface area contributed by atoms with Crippen molar-refractivity contribution in [3.05, 3.63) is 29.0 Å². The number of ether oxygens (including phenoxy) is 4. The Balaban J connectivity index is 2.05. The summed E-state index contributed by atoms with van der Waals surface area (Å²) in [6.07, 6.45) is 1.32. The SMILES string of the molecule is COC1=CC(=O)[C@@H](OC)[C@@H]2c3c(OC)c(OC)cc4c3N(CC4)C(=O)[C@H]12. The summed E-state index contributed by atoms with van der Waals surface area (Å²) < 4.78 is 22.1. The lowest BCUT2D eigenvalue weighted by Gasteiger charge is -2.43. The number of rotatable bonds is 4. The molecular formula is C19H21NO6. The van der Waals surface area contributed by atoms with Crippen LogP contribution in [0.15, 0.2) is 17.9 Å². The molecule has 1 amide bonds. The van der Waals surface area contributed by atoms with Crippen LogP contribution in [0.5, 0.6) is 11.5 Å². The fourth-order valence-corrected chi connectivity index (χ4v) is 4.50. The molecule has 138 valence electrons. The van der Waals surface area contributed by atoms with Gasteiger partial charge in [0.05, 0.1) is 27.0 Å². The van der Waals surface area contributed by atoms with E-state index < -0.39 is 17.9 Å². The van der Waals surface area contributed by atoms with Crippen molar-refractivity contribution in [3.63, 3.8) is 0 Å². The molecule has 0 spiro atoms. The van der Waals surface area contributed by atoms with Crippen LogP contribution >= 0.6 is 0 Å². The monoisotopic (exact) mass is 359 g/mol. The van der Waals surface area contributed by atoms with E-state index in [0.717, 1.165) is 23.2 Å². The molecule has 0 saturated heterocycles. The van der Waals surface area contributed by atoms with Crippen molar-refractivity contribution < 1.29 is 28.5 Å². The Bertz CT molecular complexity index is 830. The highest BCUT2D eigenvalue weighted by molar-refractivity contribution is 6.07. The topological polar surface area (TPSA) is 74.3 Å². The van der Waals surface area contributed by atoms with E-state index in [1.165, 1.54) is 20.3 Å². The Kier molecular flexibility index (Phi) is 3.91. The molecule has 4 rings (SSSR count). The molecule has 0 N–H and O–H groups in total. The smallest absolute Gasteiger partial charge is 0.238 e. The first-order valence-corrected chi connectivity index (χ1v) is 8.48. The van der Waals surface area contributed by atoms with Gasteiger partial charge in [-0.15, -0.1) is 0 Å². The second kappa shape index (κ2) is 6.02. The van der Waals surface area contributed by atoms with E-state index in [9.17, 15) is 9.59 Å². The van der Waals surface area contributed by atoms with Crippen molar-refractivity contribution in [2.24, 2.45) is 5.92 Å². The average Bonchev–Trinajstić information content (AvgIpc) is 3.08. The number of hydrogen-bond acceptors (Lipinski definition) is 6. The number of nitrogens with zero attached hydrogens (tertiary/aromatic N) is 1. The van der Waals surface area contributed by atoms with E-state index in [1.54, 1.807) is 19.1 Å². The van der Waals surface area contributed by atoms with Crippen molar-refractivity contribution in [1.82, 2.24) is 0 Å². The molecule has 2 heterocycles. The van der Waals surface area contributed by atoms with Crippen molar-refractivity contribution in [3.8, 4) is 11.5 Å². The van der Waals surface area contributed by atoms with Crippen LogP contribution in [-0.2, 0) is 25.5 Å². The first kappa shape index (κ1) is 16.9. The number of methoxy groups -OCH3 is 4. The van der Waals surface area contributed by atoms with Crippen LogP contribution in [0.3, 0.4) is 0 Å². The molecular weight excluding hydrogens is 338 g/mol. The standard InChI is InChI=1S/C19H21NO6/c1-23-11-8-10(21)17(25-3)14-13(11)19(22)20-6-5-9-7-12(24-2)18(26-4)15(14)16(9)20/h7-8,13-14,17H,5-6H2,1-4H3/t13-,14+,17-/m1/s1. The number of fused-ring (bicyclic) bond motifs is 2. The number of carbonyl (C=O) groups is 2. The molecule has 2 aliphatic heterocycles. The number of carbonyl (C=O) groups excluding carboxylic acids is 2. The van der Waals surface area contributed by atoms with Crippen LogP contribution in [0.25, 0.3) is 0 Å². The Morgan fingerprint density at radius 2 is 1.85 bits per heavy atom. The number of hydrogen-bond donors (Lipinski definition) is 0. The van der Waals surface area contributed by atoms with Gasteiger partial charge in [-0.2, -0.15) is 0 Å². The molecule has 0 aromatic heterocycles. The lowest BCUT2D eigenvalue weighted by Crippen LogP contribution is -2.50. The normalized spacial score (nSPS) is 26.2. The van der Waals surface area contributed by atoms with Crippen LogP contribution in [-0.4, -0.2) is 52.8 Å². The number of anilines is 1. The third-order valence-electron chi connectivity index (χ3n) is 5.54. The highest BCUT2D eigenvalue weighted by Gasteiger charge is 2.54. The van der Waals surface area contributed by atoms with Gasteiger partial charge in [-0.1, -0.05) is 0 Å². The molecule has 0 unspecified atom stereocenters. The first-order valence-electron chi connectivity index (χ1n) is 8.48. The Hall–Kier alpha value is -2.54. The summed E-state index contributed by atoms with van der Waals surface area (Å²) in [7, 11) is 6.10. The quantitative estimate of drug-likeness (QED) is 0.810. The van der Waals surface area contributed by atoms with Crippen molar-refractivity contribution in [1.29, 1.82) is 0 Å². The summed E-state index contributed by atoms with van der Waals surface area (Å²) in [5.41, 5.74) is 2.62. The fourth-order valence-electron chi connectivity index (χ4n) is 4.50. The zero-order valence-corrected chi connectivity index (χ0v) is 15.2. The van der Waals surface area contributed by atoms with E-state index in [0.29, 0.717) is 23.8 Å². The highest BCUT2D eigenvalue weighted by Crippen LogP contribution is 2.56. The first-order chi connectivity index (χ1) is 12.6. The highest BCUT2D eigenvalue weighted by atomic mass is 16.5. The maximum Gasteiger partial charge on any atom is 0.238 e. The summed E-state index contributed by atoms with van der Waals surface area (Å²) in [4.78, 5) is 27.6. The van der Waals surface area contributed by atoms with Crippen molar-refractivity contribution in [2.75, 3.05) is 39.9 Å². The van der Waals surface area contributed by atoms with E-state index in [2.05, 4.69) is 0 Å². The van der Waals surface area contributed by atoms with Gasteiger partial charge in [0, 0.05) is 31.2 Å². The molecule has 7 heteroatoms. The average molecular weight is 359 g/mol. The van der Waals surface area contributed by atoms with Crippen molar-refractivity contribution >= 4 is 17.4 Å². The summed E-state index contributed by atoms with van der Waals surface area (Å²) in [5.74, 6) is 0.0527. The molecule has 0 fully saturated rings. The third-order valence-corrected chi connectivity index (χ3v) is 5.54. The van der Waals surface area contributed by atoms with Gasteiger partial charge in [0.1, 0.15) is 17.8 Å².